The van der Waals surface area contributed by atoms with E-state index in [2.05, 4.69) is 0 Å². The lowest BCUT2D eigenvalue weighted by Gasteiger charge is -2.05. The number of nitrogens with zero attached hydrogens (tertiary/aromatic N) is 1. The highest BCUT2D eigenvalue weighted by molar-refractivity contribution is 5.63. The summed E-state index contributed by atoms with van der Waals surface area (Å²) in [4.78, 5) is 0. The van der Waals surface area contributed by atoms with Crippen molar-refractivity contribution in [3.63, 3.8) is 0 Å². The van der Waals surface area contributed by atoms with Crippen LogP contribution in [-0.4, -0.2) is 7.11 Å². The van der Waals surface area contributed by atoms with E-state index in [0.29, 0.717) is 5.69 Å². The fourth-order valence-corrected chi connectivity index (χ4v) is 1.57. The highest BCUT2D eigenvalue weighted by Crippen LogP contribution is 2.21. The summed E-state index contributed by atoms with van der Waals surface area (Å²) >= 11 is 0. The van der Waals surface area contributed by atoms with E-state index in [1.807, 2.05) is 36.4 Å². The van der Waals surface area contributed by atoms with Gasteiger partial charge in [0.15, 0.2) is 11.9 Å². The Bertz CT molecular complexity index is 492. The minimum atomic E-state index is 0.688. The van der Waals surface area contributed by atoms with E-state index in [9.17, 15) is 5.21 Å². The van der Waals surface area contributed by atoms with Gasteiger partial charge in [0.05, 0.1) is 7.11 Å². The predicted octanol–water partition coefficient (Wildman–Crippen LogP) is 2.30. The van der Waals surface area contributed by atoms with E-state index in [0.717, 1.165) is 21.6 Å². The van der Waals surface area contributed by atoms with Crippen molar-refractivity contribution in [2.24, 2.45) is 0 Å². The van der Waals surface area contributed by atoms with Crippen molar-refractivity contribution in [1.82, 2.24) is 0 Å². The fourth-order valence-electron chi connectivity index (χ4n) is 1.57. The number of ether oxygens (including phenoxy) is 1. The van der Waals surface area contributed by atoms with Gasteiger partial charge in [0.25, 0.3) is 0 Å². The molecule has 1 aromatic heterocycles. The molecule has 16 heavy (non-hydrogen) atoms. The Kier molecular flexibility index (Phi) is 2.77. The number of methoxy groups -OCH3 is 1. The van der Waals surface area contributed by atoms with Crippen LogP contribution in [0, 0.1) is 12.1 Å². The molecule has 3 nitrogen and oxygen atoms in total. The Morgan fingerprint density at radius 1 is 1.06 bits per heavy atom. The summed E-state index contributed by atoms with van der Waals surface area (Å²) in [6, 6.07) is 11.4. The molecular formula is C13H13NO2. The third kappa shape index (κ3) is 1.98. The van der Waals surface area contributed by atoms with Gasteiger partial charge in [0, 0.05) is 19.1 Å². The van der Waals surface area contributed by atoms with Crippen LogP contribution in [0.2, 0.25) is 0 Å². The molecule has 2 rings (SSSR count). The van der Waals surface area contributed by atoms with Crippen molar-refractivity contribution in [3.05, 3.63) is 53.5 Å². The lowest BCUT2D eigenvalue weighted by Crippen LogP contribution is -2.28. The van der Waals surface area contributed by atoms with Crippen LogP contribution >= 0.6 is 0 Å². The molecule has 82 valence electrons. The third-order valence-electron chi connectivity index (χ3n) is 2.52. The zero-order chi connectivity index (χ0) is 11.5. The monoisotopic (exact) mass is 215 g/mol. The first-order chi connectivity index (χ1) is 7.70. The maximum atomic E-state index is 11.2. The molecule has 0 amide bonds. The molecule has 2 aromatic rings. The number of hydrogen-bond acceptors (Lipinski definition) is 2. The SMILES string of the molecule is COc1ccc(-c2cc[n+]([O-])c(C)c2)cc1. The van der Waals surface area contributed by atoms with Gasteiger partial charge in [-0.15, -0.1) is 0 Å². The molecule has 0 atom stereocenters. The second kappa shape index (κ2) is 4.23. The quantitative estimate of drug-likeness (QED) is 0.569. The molecule has 1 heterocycles. The van der Waals surface area contributed by atoms with E-state index in [1.54, 1.807) is 14.0 Å². The van der Waals surface area contributed by atoms with Gasteiger partial charge in [0.2, 0.25) is 0 Å². The first-order valence-electron chi connectivity index (χ1n) is 5.05. The number of rotatable bonds is 2. The molecule has 0 N–H and O–H groups in total. The highest BCUT2D eigenvalue weighted by atomic mass is 16.5. The minimum absolute atomic E-state index is 0.688. The first-order valence-corrected chi connectivity index (χ1v) is 5.05. The minimum Gasteiger partial charge on any atom is -0.619 e. The Morgan fingerprint density at radius 2 is 1.75 bits per heavy atom. The largest absolute Gasteiger partial charge is 0.619 e. The molecule has 0 aliphatic rings. The maximum absolute atomic E-state index is 11.2. The van der Waals surface area contributed by atoms with Gasteiger partial charge < -0.3 is 9.94 Å². The van der Waals surface area contributed by atoms with Crippen LogP contribution in [0.1, 0.15) is 5.69 Å². The van der Waals surface area contributed by atoms with Crippen LogP contribution in [0.25, 0.3) is 11.1 Å². The molecule has 0 saturated heterocycles. The van der Waals surface area contributed by atoms with Crippen LogP contribution in [-0.2, 0) is 0 Å². The van der Waals surface area contributed by atoms with E-state index < -0.39 is 0 Å². The van der Waals surface area contributed by atoms with Crippen molar-refractivity contribution in [1.29, 1.82) is 0 Å². The second-order valence-electron chi connectivity index (χ2n) is 3.61. The molecule has 0 fully saturated rings. The van der Waals surface area contributed by atoms with Crippen molar-refractivity contribution >= 4 is 0 Å². The zero-order valence-electron chi connectivity index (χ0n) is 9.31. The molecule has 0 spiro atoms. The summed E-state index contributed by atoms with van der Waals surface area (Å²) in [5.41, 5.74) is 2.80. The number of pyridine rings is 1. The fraction of sp³-hybridized carbons (Fsp3) is 0.154. The van der Waals surface area contributed by atoms with E-state index in [4.69, 9.17) is 4.74 Å². The Labute approximate surface area is 94.5 Å². The van der Waals surface area contributed by atoms with Crippen LogP contribution < -0.4 is 9.47 Å². The van der Waals surface area contributed by atoms with Crippen LogP contribution in [0.4, 0.5) is 0 Å². The van der Waals surface area contributed by atoms with Gasteiger partial charge in [-0.05, 0) is 23.3 Å². The van der Waals surface area contributed by atoms with Gasteiger partial charge in [-0.2, -0.15) is 4.73 Å². The van der Waals surface area contributed by atoms with E-state index in [1.165, 1.54) is 6.20 Å². The summed E-state index contributed by atoms with van der Waals surface area (Å²) in [7, 11) is 1.64. The molecular weight excluding hydrogens is 202 g/mol. The number of aromatic nitrogens is 1. The van der Waals surface area contributed by atoms with Gasteiger partial charge in [0.1, 0.15) is 5.75 Å². The molecule has 0 radical (unpaired) electrons. The topological polar surface area (TPSA) is 36.2 Å². The number of benzene rings is 1. The normalized spacial score (nSPS) is 10.1. The maximum Gasteiger partial charge on any atom is 0.190 e. The average molecular weight is 215 g/mol. The zero-order valence-corrected chi connectivity index (χ0v) is 9.31. The Balaban J connectivity index is 2.38. The predicted molar refractivity (Wildman–Crippen MR) is 62.1 cm³/mol. The third-order valence-corrected chi connectivity index (χ3v) is 2.52. The first kappa shape index (κ1) is 10.5. The van der Waals surface area contributed by atoms with E-state index >= 15 is 0 Å². The van der Waals surface area contributed by atoms with Crippen LogP contribution in [0.3, 0.4) is 0 Å². The molecule has 0 bridgehead atoms. The number of hydrogen-bond donors (Lipinski definition) is 0. The standard InChI is InChI=1S/C13H13NO2/c1-10-9-12(7-8-14(10)15)11-3-5-13(16-2)6-4-11/h3-9H,1-2H3. The summed E-state index contributed by atoms with van der Waals surface area (Å²) in [5, 5.41) is 11.2. The lowest BCUT2D eigenvalue weighted by atomic mass is 10.1. The van der Waals surface area contributed by atoms with Crippen molar-refractivity contribution in [2.45, 2.75) is 6.92 Å². The smallest absolute Gasteiger partial charge is 0.190 e. The second-order valence-corrected chi connectivity index (χ2v) is 3.61. The van der Waals surface area contributed by atoms with Crippen LogP contribution in [0.15, 0.2) is 42.6 Å². The van der Waals surface area contributed by atoms with Gasteiger partial charge in [-0.1, -0.05) is 12.1 Å². The summed E-state index contributed by atoms with van der Waals surface area (Å²) in [5.74, 6) is 0.829. The van der Waals surface area contributed by atoms with E-state index in [-0.39, 0.29) is 0 Å². The van der Waals surface area contributed by atoms with Crippen molar-refractivity contribution in [3.8, 4) is 16.9 Å². The van der Waals surface area contributed by atoms with Crippen molar-refractivity contribution in [2.75, 3.05) is 7.11 Å². The van der Waals surface area contributed by atoms with Crippen molar-refractivity contribution < 1.29 is 9.47 Å². The Morgan fingerprint density at radius 3 is 2.31 bits per heavy atom. The molecule has 1 aromatic carbocycles. The molecule has 3 heteroatoms. The Hall–Kier alpha value is -2.03. The molecule has 0 saturated carbocycles. The lowest BCUT2D eigenvalue weighted by molar-refractivity contribution is -0.612. The average Bonchev–Trinajstić information content (AvgIpc) is 2.33. The number of aryl methyl sites for hydroxylation is 1. The highest BCUT2D eigenvalue weighted by Gasteiger charge is 2.03. The van der Waals surface area contributed by atoms with Crippen LogP contribution in [0.5, 0.6) is 5.75 Å². The van der Waals surface area contributed by atoms with Gasteiger partial charge >= 0.3 is 0 Å². The molecule has 0 aliphatic carbocycles. The molecule has 0 aliphatic heterocycles. The van der Waals surface area contributed by atoms with Gasteiger partial charge in [-0.3, -0.25) is 0 Å². The summed E-state index contributed by atoms with van der Waals surface area (Å²) in [6.07, 6.45) is 1.52. The summed E-state index contributed by atoms with van der Waals surface area (Å²) in [6.45, 7) is 1.79. The van der Waals surface area contributed by atoms with Gasteiger partial charge in [-0.25, -0.2) is 0 Å². The summed E-state index contributed by atoms with van der Waals surface area (Å²) < 4.78 is 5.95. The molecule has 0 unspecified atom stereocenters.